The summed E-state index contributed by atoms with van der Waals surface area (Å²) in [5, 5.41) is -0.508. The molecule has 0 aliphatic carbocycles. The fourth-order valence-electron chi connectivity index (χ4n) is 0.705. The summed E-state index contributed by atoms with van der Waals surface area (Å²) < 4.78 is 48.7. The van der Waals surface area contributed by atoms with Crippen LogP contribution in [0.3, 0.4) is 0 Å². The molecule has 0 atom stereocenters. The van der Waals surface area contributed by atoms with Crippen LogP contribution in [0.1, 0.15) is 12.0 Å². The molecule has 66 valence electrons. The predicted molar refractivity (Wildman–Crippen MR) is 36.3 cm³/mol. The van der Waals surface area contributed by atoms with E-state index in [0.29, 0.717) is 12.1 Å². The SMILES string of the molecule is Fc1cc(F)c(C(F)F)cc1Cl. The van der Waals surface area contributed by atoms with Crippen LogP contribution in [0.2, 0.25) is 5.02 Å². The topological polar surface area (TPSA) is 0 Å². The number of benzene rings is 1. The second-order valence-corrected chi connectivity index (χ2v) is 2.50. The van der Waals surface area contributed by atoms with Gasteiger partial charge in [-0.25, -0.2) is 17.6 Å². The van der Waals surface area contributed by atoms with Gasteiger partial charge in [-0.15, -0.1) is 0 Å². The monoisotopic (exact) mass is 198 g/mol. The Morgan fingerprint density at radius 1 is 1.08 bits per heavy atom. The minimum Gasteiger partial charge on any atom is -0.206 e. The van der Waals surface area contributed by atoms with Crippen LogP contribution in [0.4, 0.5) is 17.6 Å². The highest BCUT2D eigenvalue weighted by Gasteiger charge is 2.15. The summed E-state index contributed by atoms with van der Waals surface area (Å²) in [6.07, 6.45) is -2.98. The molecular formula is C7H3ClF4. The summed E-state index contributed by atoms with van der Waals surface area (Å²) in [4.78, 5) is 0. The Morgan fingerprint density at radius 3 is 2.17 bits per heavy atom. The second-order valence-electron chi connectivity index (χ2n) is 2.09. The molecule has 0 amide bonds. The molecule has 0 aliphatic rings. The third-order valence-electron chi connectivity index (χ3n) is 1.27. The van der Waals surface area contributed by atoms with Gasteiger partial charge in [-0.2, -0.15) is 0 Å². The van der Waals surface area contributed by atoms with Crippen LogP contribution in [0.15, 0.2) is 12.1 Å². The van der Waals surface area contributed by atoms with E-state index in [1.165, 1.54) is 0 Å². The zero-order valence-corrected chi connectivity index (χ0v) is 6.38. The van der Waals surface area contributed by atoms with Crippen molar-refractivity contribution in [3.63, 3.8) is 0 Å². The summed E-state index contributed by atoms with van der Waals surface area (Å²) in [5.41, 5.74) is -0.888. The van der Waals surface area contributed by atoms with Crippen molar-refractivity contribution in [3.05, 3.63) is 34.4 Å². The zero-order valence-electron chi connectivity index (χ0n) is 5.62. The number of rotatable bonds is 1. The molecule has 0 aromatic heterocycles. The van der Waals surface area contributed by atoms with Crippen LogP contribution < -0.4 is 0 Å². The third-order valence-corrected chi connectivity index (χ3v) is 1.56. The number of halogens is 5. The lowest BCUT2D eigenvalue weighted by atomic mass is 10.2. The van der Waals surface area contributed by atoms with E-state index in [-0.39, 0.29) is 0 Å². The lowest BCUT2D eigenvalue weighted by Gasteiger charge is -2.02. The largest absolute Gasteiger partial charge is 0.266 e. The molecule has 0 saturated heterocycles. The first-order valence-electron chi connectivity index (χ1n) is 2.95. The molecule has 1 aromatic rings. The number of hydrogen-bond acceptors (Lipinski definition) is 0. The van der Waals surface area contributed by atoms with Crippen LogP contribution in [-0.2, 0) is 0 Å². The molecule has 0 aliphatic heterocycles. The summed E-state index contributed by atoms with van der Waals surface area (Å²) in [7, 11) is 0. The van der Waals surface area contributed by atoms with E-state index >= 15 is 0 Å². The number of hydrogen-bond donors (Lipinski definition) is 0. The Kier molecular flexibility index (Phi) is 2.57. The van der Waals surface area contributed by atoms with Crippen LogP contribution in [-0.4, -0.2) is 0 Å². The quantitative estimate of drug-likeness (QED) is 0.478. The molecule has 0 radical (unpaired) electrons. The lowest BCUT2D eigenvalue weighted by Crippen LogP contribution is -1.92. The van der Waals surface area contributed by atoms with E-state index in [1.807, 2.05) is 0 Å². The van der Waals surface area contributed by atoms with Crippen LogP contribution >= 0.6 is 11.6 Å². The van der Waals surface area contributed by atoms with Gasteiger partial charge < -0.3 is 0 Å². The fourth-order valence-corrected chi connectivity index (χ4v) is 0.877. The van der Waals surface area contributed by atoms with Crippen molar-refractivity contribution in [1.29, 1.82) is 0 Å². The van der Waals surface area contributed by atoms with E-state index in [2.05, 4.69) is 0 Å². The third kappa shape index (κ3) is 1.69. The predicted octanol–water partition coefficient (Wildman–Crippen LogP) is 3.56. The standard InChI is InChI=1S/C7H3ClF4/c8-4-1-3(7(11)12)5(9)2-6(4)10/h1-2,7H. The molecule has 1 rings (SSSR count). The summed E-state index contributed by atoms with van der Waals surface area (Å²) in [5.74, 6) is -2.33. The lowest BCUT2D eigenvalue weighted by molar-refractivity contribution is 0.146. The van der Waals surface area contributed by atoms with Crippen molar-refractivity contribution < 1.29 is 17.6 Å². The molecule has 0 nitrogen and oxygen atoms in total. The molecule has 1 aromatic carbocycles. The van der Waals surface area contributed by atoms with Gasteiger partial charge in [-0.05, 0) is 6.07 Å². The zero-order chi connectivity index (χ0) is 9.30. The summed E-state index contributed by atoms with van der Waals surface area (Å²) in [6, 6.07) is 0.917. The molecule has 0 unspecified atom stereocenters. The second kappa shape index (κ2) is 3.31. The minimum absolute atomic E-state index is 0.337. The van der Waals surface area contributed by atoms with E-state index < -0.39 is 28.6 Å². The van der Waals surface area contributed by atoms with Crippen molar-refractivity contribution in [2.24, 2.45) is 0 Å². The Labute approximate surface area is 70.8 Å². The van der Waals surface area contributed by atoms with Gasteiger partial charge in [0, 0.05) is 6.07 Å². The first-order chi connectivity index (χ1) is 5.52. The van der Waals surface area contributed by atoms with Gasteiger partial charge in [0.25, 0.3) is 6.43 Å². The Bertz CT molecular complexity index is 298. The summed E-state index contributed by atoms with van der Waals surface area (Å²) in [6.45, 7) is 0. The average Bonchev–Trinajstić information content (AvgIpc) is 1.96. The van der Waals surface area contributed by atoms with Gasteiger partial charge in [0.2, 0.25) is 0 Å². The molecule has 5 heteroatoms. The van der Waals surface area contributed by atoms with E-state index in [1.54, 1.807) is 0 Å². The maximum atomic E-state index is 12.5. The average molecular weight is 199 g/mol. The first-order valence-corrected chi connectivity index (χ1v) is 3.32. The van der Waals surface area contributed by atoms with Gasteiger partial charge in [0.05, 0.1) is 10.6 Å². The molecule has 12 heavy (non-hydrogen) atoms. The van der Waals surface area contributed by atoms with Crippen molar-refractivity contribution >= 4 is 11.6 Å². The van der Waals surface area contributed by atoms with Crippen LogP contribution in [0.5, 0.6) is 0 Å². The Hall–Kier alpha value is -0.770. The van der Waals surface area contributed by atoms with Crippen LogP contribution in [0.25, 0.3) is 0 Å². The first kappa shape index (κ1) is 9.32. The molecule has 0 spiro atoms. The highest BCUT2D eigenvalue weighted by molar-refractivity contribution is 6.30. The van der Waals surface area contributed by atoms with Gasteiger partial charge in [-0.1, -0.05) is 11.6 Å². The number of alkyl halides is 2. The van der Waals surface area contributed by atoms with Gasteiger partial charge >= 0.3 is 0 Å². The molecule has 0 saturated carbocycles. The van der Waals surface area contributed by atoms with Crippen molar-refractivity contribution in [3.8, 4) is 0 Å². The highest BCUT2D eigenvalue weighted by Crippen LogP contribution is 2.26. The normalized spacial score (nSPS) is 10.8. The molecule has 0 bridgehead atoms. The molecule has 0 N–H and O–H groups in total. The molecule has 0 fully saturated rings. The van der Waals surface area contributed by atoms with E-state index in [9.17, 15) is 17.6 Å². The smallest absolute Gasteiger partial charge is 0.206 e. The maximum absolute atomic E-state index is 12.5. The van der Waals surface area contributed by atoms with E-state index in [4.69, 9.17) is 11.6 Å². The molecule has 0 heterocycles. The molecular weight excluding hydrogens is 196 g/mol. The van der Waals surface area contributed by atoms with Gasteiger partial charge in [0.15, 0.2) is 0 Å². The highest BCUT2D eigenvalue weighted by atomic mass is 35.5. The van der Waals surface area contributed by atoms with E-state index in [0.717, 1.165) is 0 Å². The Morgan fingerprint density at radius 2 is 1.67 bits per heavy atom. The minimum atomic E-state index is -2.98. The van der Waals surface area contributed by atoms with Crippen molar-refractivity contribution in [2.75, 3.05) is 0 Å². The van der Waals surface area contributed by atoms with Crippen LogP contribution in [0, 0.1) is 11.6 Å². The van der Waals surface area contributed by atoms with Gasteiger partial charge in [-0.3, -0.25) is 0 Å². The fraction of sp³-hybridized carbons (Fsp3) is 0.143. The van der Waals surface area contributed by atoms with Gasteiger partial charge in [0.1, 0.15) is 11.6 Å². The Balaban J connectivity index is 3.23. The summed E-state index contributed by atoms with van der Waals surface area (Å²) >= 11 is 5.15. The van der Waals surface area contributed by atoms with Crippen molar-refractivity contribution in [1.82, 2.24) is 0 Å². The van der Waals surface area contributed by atoms with Crippen molar-refractivity contribution in [2.45, 2.75) is 6.43 Å². The maximum Gasteiger partial charge on any atom is 0.266 e.